The molecule has 2 rings (SSSR count). The number of aromatic nitrogens is 2. The third-order valence-electron chi connectivity index (χ3n) is 2.84. The van der Waals surface area contributed by atoms with Gasteiger partial charge >= 0.3 is 0 Å². The summed E-state index contributed by atoms with van der Waals surface area (Å²) in [5, 5.41) is 0.996. The first-order valence-electron chi connectivity index (χ1n) is 6.34. The number of benzene rings is 1. The maximum Gasteiger partial charge on any atom is 0.188 e. The topological polar surface area (TPSA) is 51.8 Å². The lowest BCUT2D eigenvalue weighted by molar-refractivity contribution is 0.877. The van der Waals surface area contributed by atoms with Gasteiger partial charge in [0.25, 0.3) is 0 Å². The summed E-state index contributed by atoms with van der Waals surface area (Å²) >= 11 is 1.63. The Bertz CT molecular complexity index is 549. The van der Waals surface area contributed by atoms with Crippen LogP contribution in [0.3, 0.4) is 0 Å². The predicted molar refractivity (Wildman–Crippen MR) is 80.3 cm³/mol. The molecule has 19 heavy (non-hydrogen) atoms. The standard InChI is InChI=1S/C15H19N3S/c1-10-5-4-6-13(7-10)14(9-16)19-15-17-11(2)8-12(3)18-15/h4-8,14H,9,16H2,1-3H3. The zero-order chi connectivity index (χ0) is 13.8. The lowest BCUT2D eigenvalue weighted by atomic mass is 10.1. The highest BCUT2D eigenvalue weighted by Crippen LogP contribution is 2.32. The first kappa shape index (κ1) is 14.0. The van der Waals surface area contributed by atoms with Gasteiger partial charge in [-0.15, -0.1) is 0 Å². The van der Waals surface area contributed by atoms with Crippen molar-refractivity contribution in [2.45, 2.75) is 31.2 Å². The molecule has 4 heteroatoms. The number of nitrogens with zero attached hydrogens (tertiary/aromatic N) is 2. The number of rotatable bonds is 4. The molecule has 2 N–H and O–H groups in total. The maximum absolute atomic E-state index is 5.90. The first-order valence-corrected chi connectivity index (χ1v) is 7.22. The highest BCUT2D eigenvalue weighted by atomic mass is 32.2. The SMILES string of the molecule is Cc1cccc(C(CN)Sc2nc(C)cc(C)n2)c1. The fourth-order valence-corrected chi connectivity index (χ4v) is 3.02. The van der Waals surface area contributed by atoms with Crippen LogP contribution < -0.4 is 5.73 Å². The summed E-state index contributed by atoms with van der Waals surface area (Å²) in [5.74, 6) is 0. The van der Waals surface area contributed by atoms with E-state index in [2.05, 4.69) is 41.2 Å². The Morgan fingerprint density at radius 2 is 1.79 bits per heavy atom. The van der Waals surface area contributed by atoms with Crippen LogP contribution in [0.1, 0.15) is 27.8 Å². The summed E-state index contributed by atoms with van der Waals surface area (Å²) < 4.78 is 0. The Kier molecular flexibility index (Phi) is 4.56. The molecule has 0 aliphatic carbocycles. The van der Waals surface area contributed by atoms with Crippen LogP contribution in [0, 0.1) is 20.8 Å². The second-order valence-electron chi connectivity index (χ2n) is 4.69. The lowest BCUT2D eigenvalue weighted by Crippen LogP contribution is -2.10. The molecule has 0 spiro atoms. The molecule has 0 fully saturated rings. The smallest absolute Gasteiger partial charge is 0.188 e. The van der Waals surface area contributed by atoms with E-state index >= 15 is 0 Å². The molecule has 1 aromatic heterocycles. The van der Waals surface area contributed by atoms with Crippen molar-refractivity contribution < 1.29 is 0 Å². The molecule has 1 atom stereocenters. The molecule has 0 radical (unpaired) electrons. The van der Waals surface area contributed by atoms with Crippen LogP contribution in [0.4, 0.5) is 0 Å². The number of aryl methyl sites for hydroxylation is 3. The number of nitrogens with two attached hydrogens (primary N) is 1. The third-order valence-corrected chi connectivity index (χ3v) is 3.98. The van der Waals surface area contributed by atoms with Crippen LogP contribution in [0.5, 0.6) is 0 Å². The average Bonchev–Trinajstić information content (AvgIpc) is 2.34. The van der Waals surface area contributed by atoms with Crippen molar-refractivity contribution in [3.05, 3.63) is 52.8 Å². The van der Waals surface area contributed by atoms with Crippen molar-refractivity contribution in [1.82, 2.24) is 9.97 Å². The summed E-state index contributed by atoms with van der Waals surface area (Å²) in [6.45, 7) is 6.64. The van der Waals surface area contributed by atoms with Crippen molar-refractivity contribution in [2.24, 2.45) is 5.73 Å². The number of thioether (sulfide) groups is 1. The molecule has 2 aromatic rings. The quantitative estimate of drug-likeness (QED) is 0.686. The van der Waals surface area contributed by atoms with Crippen LogP contribution in [0.25, 0.3) is 0 Å². The Morgan fingerprint density at radius 1 is 1.11 bits per heavy atom. The molecule has 0 aliphatic rings. The largest absolute Gasteiger partial charge is 0.329 e. The van der Waals surface area contributed by atoms with E-state index in [1.165, 1.54) is 11.1 Å². The van der Waals surface area contributed by atoms with Gasteiger partial charge in [-0.25, -0.2) is 9.97 Å². The Hall–Kier alpha value is -1.39. The zero-order valence-electron chi connectivity index (χ0n) is 11.6. The molecule has 1 unspecified atom stereocenters. The Balaban J connectivity index is 2.23. The van der Waals surface area contributed by atoms with Gasteiger partial charge in [0, 0.05) is 23.2 Å². The molecule has 100 valence electrons. The van der Waals surface area contributed by atoms with Gasteiger partial charge in [0.1, 0.15) is 0 Å². The Morgan fingerprint density at radius 3 is 2.37 bits per heavy atom. The summed E-state index contributed by atoms with van der Waals surface area (Å²) in [5.41, 5.74) is 10.4. The fourth-order valence-electron chi connectivity index (χ4n) is 2.00. The van der Waals surface area contributed by atoms with E-state index in [9.17, 15) is 0 Å². The number of hydrogen-bond donors (Lipinski definition) is 1. The molecular formula is C15H19N3S. The summed E-state index contributed by atoms with van der Waals surface area (Å²) in [7, 11) is 0. The lowest BCUT2D eigenvalue weighted by Gasteiger charge is -2.14. The molecule has 0 aliphatic heterocycles. The van der Waals surface area contributed by atoms with E-state index in [1.54, 1.807) is 11.8 Å². The normalized spacial score (nSPS) is 12.4. The van der Waals surface area contributed by atoms with Crippen molar-refractivity contribution in [2.75, 3.05) is 6.54 Å². The predicted octanol–water partition coefficient (Wildman–Crippen LogP) is 3.19. The average molecular weight is 273 g/mol. The maximum atomic E-state index is 5.90. The minimum absolute atomic E-state index is 0.195. The highest BCUT2D eigenvalue weighted by molar-refractivity contribution is 7.99. The summed E-state index contributed by atoms with van der Waals surface area (Å²) in [4.78, 5) is 8.93. The monoisotopic (exact) mass is 273 g/mol. The van der Waals surface area contributed by atoms with Gasteiger partial charge in [0.2, 0.25) is 0 Å². The minimum Gasteiger partial charge on any atom is -0.329 e. The molecule has 0 bridgehead atoms. The van der Waals surface area contributed by atoms with E-state index in [-0.39, 0.29) is 5.25 Å². The van der Waals surface area contributed by atoms with E-state index in [4.69, 9.17) is 5.73 Å². The molecule has 1 heterocycles. The van der Waals surface area contributed by atoms with E-state index in [1.807, 2.05) is 19.9 Å². The molecule has 0 amide bonds. The van der Waals surface area contributed by atoms with Crippen molar-refractivity contribution >= 4 is 11.8 Å². The summed E-state index contributed by atoms with van der Waals surface area (Å²) in [6, 6.07) is 10.4. The van der Waals surface area contributed by atoms with Crippen molar-refractivity contribution in [3.63, 3.8) is 0 Å². The molecular weight excluding hydrogens is 254 g/mol. The van der Waals surface area contributed by atoms with Gasteiger partial charge in [-0.2, -0.15) is 0 Å². The molecule has 0 saturated carbocycles. The Labute approximate surface area is 118 Å². The first-order chi connectivity index (χ1) is 9.08. The van der Waals surface area contributed by atoms with Gasteiger partial charge in [-0.3, -0.25) is 0 Å². The van der Waals surface area contributed by atoms with Crippen LogP contribution in [0.2, 0.25) is 0 Å². The second-order valence-corrected chi connectivity index (χ2v) is 5.86. The van der Waals surface area contributed by atoms with Crippen molar-refractivity contribution in [1.29, 1.82) is 0 Å². The van der Waals surface area contributed by atoms with Crippen LogP contribution >= 0.6 is 11.8 Å². The fraction of sp³-hybridized carbons (Fsp3) is 0.333. The van der Waals surface area contributed by atoms with Crippen LogP contribution in [0.15, 0.2) is 35.5 Å². The van der Waals surface area contributed by atoms with Gasteiger partial charge in [0.15, 0.2) is 5.16 Å². The van der Waals surface area contributed by atoms with Gasteiger partial charge in [0.05, 0.1) is 0 Å². The van der Waals surface area contributed by atoms with E-state index in [0.29, 0.717) is 6.54 Å². The zero-order valence-corrected chi connectivity index (χ0v) is 12.4. The molecule has 0 saturated heterocycles. The molecule has 1 aromatic carbocycles. The van der Waals surface area contributed by atoms with Gasteiger partial charge < -0.3 is 5.73 Å². The van der Waals surface area contributed by atoms with E-state index < -0.39 is 0 Å². The molecule has 3 nitrogen and oxygen atoms in total. The van der Waals surface area contributed by atoms with E-state index in [0.717, 1.165) is 16.5 Å². The summed E-state index contributed by atoms with van der Waals surface area (Å²) in [6.07, 6.45) is 0. The van der Waals surface area contributed by atoms with Gasteiger partial charge in [-0.05, 0) is 32.4 Å². The van der Waals surface area contributed by atoms with Crippen LogP contribution in [-0.4, -0.2) is 16.5 Å². The number of hydrogen-bond acceptors (Lipinski definition) is 4. The minimum atomic E-state index is 0.195. The van der Waals surface area contributed by atoms with Crippen molar-refractivity contribution in [3.8, 4) is 0 Å². The van der Waals surface area contributed by atoms with Crippen LogP contribution in [-0.2, 0) is 0 Å². The highest BCUT2D eigenvalue weighted by Gasteiger charge is 2.13. The third kappa shape index (κ3) is 3.78. The second kappa shape index (κ2) is 6.17. The van der Waals surface area contributed by atoms with Gasteiger partial charge in [-0.1, -0.05) is 41.6 Å².